The Morgan fingerprint density at radius 2 is 1.85 bits per heavy atom. The molecule has 172 valence electrons. The van der Waals surface area contributed by atoms with Crippen LogP contribution in [0.15, 0.2) is 48.5 Å². The van der Waals surface area contributed by atoms with Gasteiger partial charge in [0.1, 0.15) is 9.53 Å². The molecule has 0 unspecified atom stereocenters. The maximum Gasteiger partial charge on any atom is 0.124 e. The Kier molecular flexibility index (Phi) is 7.75. The number of aromatic nitrogens is 2. The minimum absolute atomic E-state index is 0.0903. The molecule has 0 bridgehead atoms. The van der Waals surface area contributed by atoms with Crippen LogP contribution >= 0.6 is 34.2 Å². The third kappa shape index (κ3) is 5.78. The molecule has 0 aliphatic carbocycles. The molecular formula is C26H28ClIN4O. The Morgan fingerprint density at radius 1 is 1.12 bits per heavy atom. The zero-order chi connectivity index (χ0) is 23.4. The Hall–Kier alpha value is -1.92. The van der Waals surface area contributed by atoms with E-state index in [4.69, 9.17) is 21.8 Å². The molecular weight excluding hydrogens is 547 g/mol. The molecule has 2 aromatic carbocycles. The average Bonchev–Trinajstić information content (AvgIpc) is 3.08. The van der Waals surface area contributed by atoms with Crippen LogP contribution in [0.5, 0.6) is 0 Å². The molecule has 0 amide bonds. The van der Waals surface area contributed by atoms with Gasteiger partial charge in [0, 0.05) is 24.7 Å². The van der Waals surface area contributed by atoms with Crippen LogP contribution < -0.4 is 0 Å². The highest BCUT2D eigenvalue weighted by Gasteiger charge is 2.34. The molecule has 0 atom stereocenters. The van der Waals surface area contributed by atoms with Crippen molar-refractivity contribution in [3.05, 3.63) is 85.5 Å². The number of imidazole rings is 1. The standard InChI is InChI=1S/C26H28ClIN4O/c1-19-30-25(28)24(32(19)16-21-7-5-20(15-29)6-8-21)17-31-11-9-26(18-33,10-12-31)14-22-3-2-4-23(27)13-22/h2-8,13,33H,9-12,14,16-18H2,1H3. The first kappa shape index (κ1) is 24.2. The Labute approximate surface area is 214 Å². The molecule has 0 saturated carbocycles. The van der Waals surface area contributed by atoms with Gasteiger partial charge in [0.25, 0.3) is 0 Å². The number of benzene rings is 2. The van der Waals surface area contributed by atoms with Gasteiger partial charge in [0.2, 0.25) is 0 Å². The van der Waals surface area contributed by atoms with Crippen LogP contribution in [0.2, 0.25) is 5.02 Å². The van der Waals surface area contributed by atoms with E-state index in [1.54, 1.807) is 0 Å². The predicted molar refractivity (Wildman–Crippen MR) is 139 cm³/mol. The molecule has 7 heteroatoms. The van der Waals surface area contributed by atoms with Crippen molar-refractivity contribution in [2.75, 3.05) is 19.7 Å². The summed E-state index contributed by atoms with van der Waals surface area (Å²) < 4.78 is 3.32. The van der Waals surface area contributed by atoms with Crippen LogP contribution in [-0.4, -0.2) is 39.3 Å². The number of aliphatic hydroxyl groups is 1. The van der Waals surface area contributed by atoms with Gasteiger partial charge in [-0.25, -0.2) is 4.98 Å². The molecule has 1 aromatic heterocycles. The van der Waals surface area contributed by atoms with E-state index in [-0.39, 0.29) is 12.0 Å². The highest BCUT2D eigenvalue weighted by molar-refractivity contribution is 14.1. The van der Waals surface area contributed by atoms with E-state index in [9.17, 15) is 5.11 Å². The van der Waals surface area contributed by atoms with Crippen molar-refractivity contribution in [2.24, 2.45) is 5.41 Å². The third-order valence-electron chi connectivity index (χ3n) is 6.73. The number of nitrogens with zero attached hydrogens (tertiary/aromatic N) is 4. The van der Waals surface area contributed by atoms with E-state index >= 15 is 0 Å². The van der Waals surface area contributed by atoms with Crippen molar-refractivity contribution >= 4 is 34.2 Å². The predicted octanol–water partition coefficient (Wildman–Crippen LogP) is 5.19. The summed E-state index contributed by atoms with van der Waals surface area (Å²) in [5.74, 6) is 1.00. The summed E-state index contributed by atoms with van der Waals surface area (Å²) in [4.78, 5) is 7.21. The second-order valence-corrected chi connectivity index (χ2v) is 10.5. The van der Waals surface area contributed by atoms with Crippen LogP contribution in [-0.2, 0) is 19.5 Å². The minimum atomic E-state index is -0.0903. The molecule has 3 aromatic rings. The van der Waals surface area contributed by atoms with Crippen molar-refractivity contribution in [1.82, 2.24) is 14.5 Å². The van der Waals surface area contributed by atoms with E-state index in [1.165, 1.54) is 11.3 Å². The number of hydrogen-bond acceptors (Lipinski definition) is 4. The lowest BCUT2D eigenvalue weighted by Gasteiger charge is -2.41. The second-order valence-electron chi connectivity index (χ2n) is 9.03. The van der Waals surface area contributed by atoms with Gasteiger partial charge in [-0.15, -0.1) is 0 Å². The number of halogens is 2. The maximum absolute atomic E-state index is 10.3. The highest BCUT2D eigenvalue weighted by atomic mass is 127. The summed E-state index contributed by atoms with van der Waals surface area (Å²) in [6.45, 7) is 5.71. The molecule has 1 fully saturated rings. The Balaban J connectivity index is 1.44. The second kappa shape index (κ2) is 10.6. The first-order chi connectivity index (χ1) is 15.9. The molecule has 4 rings (SSSR count). The number of hydrogen-bond donors (Lipinski definition) is 1. The lowest BCUT2D eigenvalue weighted by molar-refractivity contribution is 0.0405. The molecule has 1 aliphatic heterocycles. The molecule has 1 saturated heterocycles. The summed E-state index contributed by atoms with van der Waals surface area (Å²) in [6.07, 6.45) is 2.76. The fraction of sp³-hybridized carbons (Fsp3) is 0.385. The van der Waals surface area contributed by atoms with Crippen molar-refractivity contribution in [3.8, 4) is 6.07 Å². The zero-order valence-corrected chi connectivity index (χ0v) is 21.7. The van der Waals surface area contributed by atoms with Crippen LogP contribution in [0, 0.1) is 27.4 Å². The van der Waals surface area contributed by atoms with E-state index in [1.807, 2.05) is 49.4 Å². The lowest BCUT2D eigenvalue weighted by atomic mass is 9.74. The van der Waals surface area contributed by atoms with Crippen molar-refractivity contribution in [1.29, 1.82) is 5.26 Å². The summed E-state index contributed by atoms with van der Waals surface area (Å²) in [5.41, 5.74) is 4.16. The van der Waals surface area contributed by atoms with E-state index in [0.717, 1.165) is 65.6 Å². The van der Waals surface area contributed by atoms with Crippen LogP contribution in [0.4, 0.5) is 0 Å². The lowest BCUT2D eigenvalue weighted by Crippen LogP contribution is -2.43. The van der Waals surface area contributed by atoms with Crippen molar-refractivity contribution in [2.45, 2.75) is 39.3 Å². The van der Waals surface area contributed by atoms with Gasteiger partial charge in [0.15, 0.2) is 0 Å². The number of likely N-dealkylation sites (tertiary alicyclic amines) is 1. The molecule has 1 aliphatic rings. The monoisotopic (exact) mass is 574 g/mol. The van der Waals surface area contributed by atoms with Gasteiger partial charge in [-0.2, -0.15) is 5.26 Å². The highest BCUT2D eigenvalue weighted by Crippen LogP contribution is 2.36. The average molecular weight is 575 g/mol. The first-order valence-corrected chi connectivity index (χ1v) is 12.7. The number of piperidine rings is 1. The quantitative estimate of drug-likeness (QED) is 0.395. The van der Waals surface area contributed by atoms with Gasteiger partial charge in [-0.3, -0.25) is 4.90 Å². The molecule has 2 heterocycles. The molecule has 0 spiro atoms. The summed E-state index contributed by atoms with van der Waals surface area (Å²) in [6, 6.07) is 17.9. The summed E-state index contributed by atoms with van der Waals surface area (Å²) in [7, 11) is 0. The van der Waals surface area contributed by atoms with Gasteiger partial charge in [0.05, 0.1) is 17.3 Å². The Bertz CT molecular complexity index is 1140. The number of nitriles is 1. The topological polar surface area (TPSA) is 65.1 Å². The molecule has 5 nitrogen and oxygen atoms in total. The van der Waals surface area contributed by atoms with Gasteiger partial charge in [-0.05, 0) is 103 Å². The fourth-order valence-corrected chi connectivity index (χ4v) is 5.69. The number of aliphatic hydroxyl groups excluding tert-OH is 1. The van der Waals surface area contributed by atoms with Gasteiger partial charge in [-0.1, -0.05) is 35.9 Å². The van der Waals surface area contributed by atoms with Crippen molar-refractivity contribution < 1.29 is 5.11 Å². The number of rotatable bonds is 7. The van der Waals surface area contributed by atoms with Crippen LogP contribution in [0.1, 0.15) is 41.1 Å². The maximum atomic E-state index is 10.3. The SMILES string of the molecule is Cc1nc(I)c(CN2CCC(CO)(Cc3cccc(Cl)c3)CC2)n1Cc1ccc(C#N)cc1. The van der Waals surface area contributed by atoms with E-state index < -0.39 is 0 Å². The largest absolute Gasteiger partial charge is 0.396 e. The first-order valence-electron chi connectivity index (χ1n) is 11.2. The Morgan fingerprint density at radius 3 is 2.48 bits per heavy atom. The smallest absolute Gasteiger partial charge is 0.124 e. The van der Waals surface area contributed by atoms with Gasteiger partial charge < -0.3 is 9.67 Å². The van der Waals surface area contributed by atoms with E-state index in [0.29, 0.717) is 5.56 Å². The van der Waals surface area contributed by atoms with Crippen LogP contribution in [0.25, 0.3) is 0 Å². The molecule has 1 N–H and O–H groups in total. The third-order valence-corrected chi connectivity index (χ3v) is 7.83. The number of aryl methyl sites for hydroxylation is 1. The summed E-state index contributed by atoms with van der Waals surface area (Å²) >= 11 is 8.51. The minimum Gasteiger partial charge on any atom is -0.396 e. The van der Waals surface area contributed by atoms with E-state index in [2.05, 4.69) is 44.2 Å². The normalized spacial score (nSPS) is 16.0. The molecule has 33 heavy (non-hydrogen) atoms. The van der Waals surface area contributed by atoms with Crippen LogP contribution in [0.3, 0.4) is 0 Å². The summed E-state index contributed by atoms with van der Waals surface area (Å²) in [5, 5.41) is 20.1. The fourth-order valence-electron chi connectivity index (χ4n) is 4.67. The van der Waals surface area contributed by atoms with Crippen molar-refractivity contribution in [3.63, 3.8) is 0 Å². The molecule has 0 radical (unpaired) electrons. The van der Waals surface area contributed by atoms with Gasteiger partial charge >= 0.3 is 0 Å². The zero-order valence-electron chi connectivity index (χ0n) is 18.8.